The highest BCUT2D eigenvalue weighted by Gasteiger charge is 2.24. The van der Waals surface area contributed by atoms with Crippen LogP contribution < -0.4 is 4.74 Å². The van der Waals surface area contributed by atoms with Gasteiger partial charge in [-0.25, -0.2) is 0 Å². The Labute approximate surface area is 192 Å². The average molecular weight is 437 g/mol. The molecule has 6 nitrogen and oxygen atoms in total. The molecule has 0 N–H and O–H groups in total. The molecule has 6 heteroatoms. The molecule has 0 aromatic heterocycles. The van der Waals surface area contributed by atoms with E-state index in [1.807, 2.05) is 17.0 Å². The third-order valence-electron chi connectivity index (χ3n) is 6.65. The first-order valence-electron chi connectivity index (χ1n) is 11.8. The van der Waals surface area contributed by atoms with Crippen LogP contribution in [0.1, 0.15) is 11.1 Å². The van der Waals surface area contributed by atoms with Gasteiger partial charge < -0.3 is 14.5 Å². The van der Waals surface area contributed by atoms with E-state index in [4.69, 9.17) is 4.74 Å². The third kappa shape index (κ3) is 6.55. The summed E-state index contributed by atoms with van der Waals surface area (Å²) in [7, 11) is 1.70. The molecule has 2 aromatic rings. The molecular formula is C26H36N4O2. The predicted octanol–water partition coefficient (Wildman–Crippen LogP) is 2.20. The number of hydrogen-bond donors (Lipinski definition) is 0. The van der Waals surface area contributed by atoms with E-state index in [-0.39, 0.29) is 5.91 Å². The molecule has 0 radical (unpaired) electrons. The Bertz CT molecular complexity index is 844. The maximum absolute atomic E-state index is 12.8. The number of ether oxygens (including phenoxy) is 1. The lowest BCUT2D eigenvalue weighted by Crippen LogP contribution is -2.53. The van der Waals surface area contributed by atoms with Crippen LogP contribution >= 0.6 is 0 Å². The number of amides is 1. The van der Waals surface area contributed by atoms with Crippen LogP contribution in [-0.2, 0) is 17.8 Å². The number of hydrogen-bond acceptors (Lipinski definition) is 5. The van der Waals surface area contributed by atoms with Crippen LogP contribution in [0.5, 0.6) is 5.75 Å². The van der Waals surface area contributed by atoms with Crippen LogP contribution in [-0.4, -0.2) is 98.1 Å². The lowest BCUT2D eigenvalue weighted by Gasteiger charge is -2.38. The smallest absolute Gasteiger partial charge is 0.236 e. The minimum absolute atomic E-state index is 0.281. The van der Waals surface area contributed by atoms with Crippen LogP contribution in [0.2, 0.25) is 0 Å². The zero-order valence-electron chi connectivity index (χ0n) is 19.3. The van der Waals surface area contributed by atoms with Crippen LogP contribution in [0.3, 0.4) is 0 Å². The Morgan fingerprint density at radius 3 is 2.16 bits per heavy atom. The molecule has 0 atom stereocenters. The van der Waals surface area contributed by atoms with Gasteiger partial charge in [0.15, 0.2) is 0 Å². The third-order valence-corrected chi connectivity index (χ3v) is 6.65. The summed E-state index contributed by atoms with van der Waals surface area (Å²) in [5.41, 5.74) is 2.66. The first kappa shape index (κ1) is 22.8. The molecule has 2 aliphatic rings. The second-order valence-corrected chi connectivity index (χ2v) is 8.86. The number of carbonyl (C=O) groups excluding carboxylic acids is 1. The van der Waals surface area contributed by atoms with Crippen LogP contribution in [0.4, 0.5) is 0 Å². The largest absolute Gasteiger partial charge is 0.497 e. The van der Waals surface area contributed by atoms with Gasteiger partial charge in [0.25, 0.3) is 0 Å². The van der Waals surface area contributed by atoms with Crippen molar-refractivity contribution < 1.29 is 9.53 Å². The first-order chi connectivity index (χ1) is 15.7. The van der Waals surface area contributed by atoms with Gasteiger partial charge >= 0.3 is 0 Å². The first-order valence-corrected chi connectivity index (χ1v) is 11.8. The van der Waals surface area contributed by atoms with Crippen molar-refractivity contribution in [2.24, 2.45) is 0 Å². The fourth-order valence-electron chi connectivity index (χ4n) is 4.58. The van der Waals surface area contributed by atoms with E-state index in [0.29, 0.717) is 6.54 Å². The molecule has 1 amide bonds. The van der Waals surface area contributed by atoms with Gasteiger partial charge in [0.2, 0.25) is 5.91 Å². The number of piperazine rings is 2. The monoisotopic (exact) mass is 436 g/mol. The van der Waals surface area contributed by atoms with Crippen molar-refractivity contribution in [3.63, 3.8) is 0 Å². The molecule has 172 valence electrons. The Hall–Kier alpha value is -2.41. The molecule has 0 saturated carbocycles. The van der Waals surface area contributed by atoms with Crippen molar-refractivity contribution in [2.75, 3.05) is 72.6 Å². The van der Waals surface area contributed by atoms with Crippen molar-refractivity contribution in [2.45, 2.75) is 13.0 Å². The SMILES string of the molecule is COc1cccc(CN2CCN(C(=O)CN3CCN(CCc4ccccc4)CC3)CC2)c1. The van der Waals surface area contributed by atoms with Crippen molar-refractivity contribution in [3.05, 3.63) is 65.7 Å². The Morgan fingerprint density at radius 1 is 0.781 bits per heavy atom. The highest BCUT2D eigenvalue weighted by molar-refractivity contribution is 5.78. The van der Waals surface area contributed by atoms with E-state index >= 15 is 0 Å². The highest BCUT2D eigenvalue weighted by Crippen LogP contribution is 2.15. The van der Waals surface area contributed by atoms with E-state index < -0.39 is 0 Å². The quantitative estimate of drug-likeness (QED) is 0.635. The summed E-state index contributed by atoms with van der Waals surface area (Å²) in [5, 5.41) is 0. The molecule has 2 heterocycles. The van der Waals surface area contributed by atoms with E-state index in [2.05, 4.69) is 57.2 Å². The molecular weight excluding hydrogens is 400 g/mol. The van der Waals surface area contributed by atoms with Gasteiger partial charge in [0.1, 0.15) is 5.75 Å². The zero-order chi connectivity index (χ0) is 22.2. The minimum atomic E-state index is 0.281. The van der Waals surface area contributed by atoms with Gasteiger partial charge in [-0.15, -0.1) is 0 Å². The molecule has 2 fully saturated rings. The maximum atomic E-state index is 12.8. The normalized spacial score (nSPS) is 18.6. The van der Waals surface area contributed by atoms with E-state index in [1.165, 1.54) is 11.1 Å². The molecule has 2 aromatic carbocycles. The van der Waals surface area contributed by atoms with Gasteiger partial charge in [0, 0.05) is 65.4 Å². The summed E-state index contributed by atoms with van der Waals surface area (Å²) in [5.74, 6) is 1.18. The maximum Gasteiger partial charge on any atom is 0.236 e. The lowest BCUT2D eigenvalue weighted by molar-refractivity contribution is -0.134. The summed E-state index contributed by atoms with van der Waals surface area (Å²) < 4.78 is 5.33. The van der Waals surface area contributed by atoms with Crippen molar-refractivity contribution in [1.29, 1.82) is 0 Å². The number of rotatable bonds is 8. The standard InChI is InChI=1S/C26H36N4O2/c1-32-25-9-5-8-24(20-25)21-28-16-18-30(19-17-28)26(31)22-29-14-12-27(13-15-29)11-10-23-6-3-2-4-7-23/h2-9,20H,10-19,21-22H2,1H3. The fourth-order valence-corrected chi connectivity index (χ4v) is 4.58. The molecule has 32 heavy (non-hydrogen) atoms. The van der Waals surface area contributed by atoms with Crippen molar-refractivity contribution >= 4 is 5.91 Å². The van der Waals surface area contributed by atoms with E-state index in [1.54, 1.807) is 7.11 Å². The average Bonchev–Trinajstić information content (AvgIpc) is 2.85. The van der Waals surface area contributed by atoms with Gasteiger partial charge in [-0.3, -0.25) is 14.6 Å². The van der Waals surface area contributed by atoms with Crippen LogP contribution in [0, 0.1) is 0 Å². The summed E-state index contributed by atoms with van der Waals surface area (Å²) in [6.07, 6.45) is 1.10. The summed E-state index contributed by atoms with van der Waals surface area (Å²) in [6, 6.07) is 18.9. The Kier molecular flexibility index (Phi) is 8.15. The zero-order valence-corrected chi connectivity index (χ0v) is 19.3. The minimum Gasteiger partial charge on any atom is -0.497 e. The molecule has 0 spiro atoms. The van der Waals surface area contributed by atoms with Crippen LogP contribution in [0.25, 0.3) is 0 Å². The molecule has 0 bridgehead atoms. The van der Waals surface area contributed by atoms with Gasteiger partial charge in [-0.1, -0.05) is 42.5 Å². The Morgan fingerprint density at radius 2 is 1.44 bits per heavy atom. The molecule has 0 unspecified atom stereocenters. The molecule has 0 aliphatic carbocycles. The second-order valence-electron chi connectivity index (χ2n) is 8.86. The fraction of sp³-hybridized carbons (Fsp3) is 0.500. The van der Waals surface area contributed by atoms with E-state index in [9.17, 15) is 4.79 Å². The van der Waals surface area contributed by atoms with Crippen molar-refractivity contribution in [3.8, 4) is 5.75 Å². The number of carbonyl (C=O) groups is 1. The predicted molar refractivity (Wildman–Crippen MR) is 128 cm³/mol. The van der Waals surface area contributed by atoms with Gasteiger partial charge in [0.05, 0.1) is 13.7 Å². The summed E-state index contributed by atoms with van der Waals surface area (Å²) in [6.45, 7) is 10.1. The summed E-state index contributed by atoms with van der Waals surface area (Å²) >= 11 is 0. The molecule has 2 aliphatic heterocycles. The number of methoxy groups -OCH3 is 1. The topological polar surface area (TPSA) is 39.3 Å². The molecule has 4 rings (SSSR count). The molecule has 2 saturated heterocycles. The number of benzene rings is 2. The van der Waals surface area contributed by atoms with Crippen LogP contribution in [0.15, 0.2) is 54.6 Å². The Balaban J connectivity index is 1.14. The van der Waals surface area contributed by atoms with Gasteiger partial charge in [-0.05, 0) is 29.7 Å². The highest BCUT2D eigenvalue weighted by atomic mass is 16.5. The van der Waals surface area contributed by atoms with Crippen molar-refractivity contribution in [1.82, 2.24) is 19.6 Å². The summed E-state index contributed by atoms with van der Waals surface area (Å²) in [4.78, 5) is 22.2. The number of nitrogens with zero attached hydrogens (tertiary/aromatic N) is 4. The van der Waals surface area contributed by atoms with E-state index in [0.717, 1.165) is 77.6 Å². The second kappa shape index (κ2) is 11.5. The lowest BCUT2D eigenvalue weighted by atomic mass is 10.1. The van der Waals surface area contributed by atoms with Gasteiger partial charge in [-0.2, -0.15) is 0 Å².